The van der Waals surface area contributed by atoms with E-state index in [2.05, 4.69) is 10.3 Å². The first-order valence-electron chi connectivity index (χ1n) is 6.92. The van der Waals surface area contributed by atoms with Crippen molar-refractivity contribution in [3.63, 3.8) is 0 Å². The zero-order valence-corrected chi connectivity index (χ0v) is 11.9. The molecule has 1 aliphatic heterocycles. The summed E-state index contributed by atoms with van der Waals surface area (Å²) in [6.07, 6.45) is 1.64. The number of nitrogens with one attached hydrogen (secondary N) is 1. The van der Waals surface area contributed by atoms with Crippen molar-refractivity contribution in [2.24, 2.45) is 0 Å². The van der Waals surface area contributed by atoms with Gasteiger partial charge in [-0.05, 0) is 18.2 Å². The van der Waals surface area contributed by atoms with Gasteiger partial charge in [0.2, 0.25) is 0 Å². The van der Waals surface area contributed by atoms with Crippen molar-refractivity contribution >= 4 is 11.7 Å². The number of para-hydroxylation sites is 1. The van der Waals surface area contributed by atoms with E-state index in [9.17, 15) is 4.79 Å². The highest BCUT2D eigenvalue weighted by atomic mass is 16.5. The third kappa shape index (κ3) is 2.81. The van der Waals surface area contributed by atoms with E-state index in [4.69, 9.17) is 4.74 Å². The molecule has 108 valence electrons. The SMILES string of the molecule is CNc1cc(C(=O)N2CCOc3ccccc3C2)ccn1. The maximum absolute atomic E-state index is 12.6. The van der Waals surface area contributed by atoms with Crippen molar-refractivity contribution in [3.8, 4) is 5.75 Å². The molecule has 0 bridgehead atoms. The van der Waals surface area contributed by atoms with Crippen LogP contribution in [0.4, 0.5) is 5.82 Å². The molecule has 1 N–H and O–H groups in total. The molecule has 1 aliphatic rings. The number of carbonyl (C=O) groups excluding carboxylic acids is 1. The Kier molecular flexibility index (Phi) is 3.73. The lowest BCUT2D eigenvalue weighted by molar-refractivity contribution is 0.0733. The number of hydrogen-bond acceptors (Lipinski definition) is 4. The van der Waals surface area contributed by atoms with Gasteiger partial charge in [-0.2, -0.15) is 0 Å². The summed E-state index contributed by atoms with van der Waals surface area (Å²) in [5, 5.41) is 2.95. The number of anilines is 1. The first-order chi connectivity index (χ1) is 10.3. The van der Waals surface area contributed by atoms with E-state index in [1.807, 2.05) is 24.3 Å². The Morgan fingerprint density at radius 2 is 2.19 bits per heavy atom. The van der Waals surface area contributed by atoms with Crippen molar-refractivity contribution in [2.75, 3.05) is 25.5 Å². The van der Waals surface area contributed by atoms with Crippen LogP contribution in [0.2, 0.25) is 0 Å². The molecule has 0 saturated carbocycles. The third-order valence-corrected chi connectivity index (χ3v) is 3.50. The van der Waals surface area contributed by atoms with Crippen LogP contribution in [0.1, 0.15) is 15.9 Å². The summed E-state index contributed by atoms with van der Waals surface area (Å²) in [5.74, 6) is 1.54. The van der Waals surface area contributed by atoms with Gasteiger partial charge in [-0.15, -0.1) is 0 Å². The Labute approximate surface area is 123 Å². The minimum atomic E-state index is -0.00537. The second kappa shape index (κ2) is 5.83. The van der Waals surface area contributed by atoms with Gasteiger partial charge in [-0.25, -0.2) is 4.98 Å². The molecule has 0 fully saturated rings. The molecule has 0 spiro atoms. The highest BCUT2D eigenvalue weighted by molar-refractivity contribution is 5.94. The number of ether oxygens (including phenoxy) is 1. The summed E-state index contributed by atoms with van der Waals surface area (Å²) in [7, 11) is 1.78. The van der Waals surface area contributed by atoms with E-state index in [0.29, 0.717) is 31.1 Å². The predicted molar refractivity (Wildman–Crippen MR) is 80.5 cm³/mol. The molecule has 0 atom stereocenters. The third-order valence-electron chi connectivity index (χ3n) is 3.50. The molecule has 0 radical (unpaired) electrons. The van der Waals surface area contributed by atoms with Crippen LogP contribution in [0.5, 0.6) is 5.75 Å². The normalized spacial score (nSPS) is 13.9. The Bertz CT molecular complexity index is 657. The zero-order chi connectivity index (χ0) is 14.7. The molecule has 5 heteroatoms. The van der Waals surface area contributed by atoms with Gasteiger partial charge in [0.05, 0.1) is 6.54 Å². The number of pyridine rings is 1. The quantitative estimate of drug-likeness (QED) is 0.917. The molecule has 0 saturated heterocycles. The van der Waals surface area contributed by atoms with Gasteiger partial charge in [0.15, 0.2) is 0 Å². The van der Waals surface area contributed by atoms with Crippen LogP contribution < -0.4 is 10.1 Å². The maximum Gasteiger partial charge on any atom is 0.254 e. The lowest BCUT2D eigenvalue weighted by Crippen LogP contribution is -2.32. The predicted octanol–water partition coefficient (Wildman–Crippen LogP) is 2.16. The molecule has 2 aromatic rings. The van der Waals surface area contributed by atoms with Crippen molar-refractivity contribution in [3.05, 3.63) is 53.7 Å². The highest BCUT2D eigenvalue weighted by Gasteiger charge is 2.21. The smallest absolute Gasteiger partial charge is 0.254 e. The molecule has 3 rings (SSSR count). The van der Waals surface area contributed by atoms with E-state index in [1.165, 1.54) is 0 Å². The molecule has 0 unspecified atom stereocenters. The molecule has 2 heterocycles. The molecule has 1 aromatic heterocycles. The number of aromatic nitrogens is 1. The van der Waals surface area contributed by atoms with Crippen LogP contribution >= 0.6 is 0 Å². The Balaban J connectivity index is 1.84. The maximum atomic E-state index is 12.6. The molecule has 1 aromatic carbocycles. The minimum Gasteiger partial charge on any atom is -0.491 e. The molecule has 0 aliphatic carbocycles. The fourth-order valence-corrected chi connectivity index (χ4v) is 2.38. The van der Waals surface area contributed by atoms with E-state index in [-0.39, 0.29) is 5.91 Å². The monoisotopic (exact) mass is 283 g/mol. The van der Waals surface area contributed by atoms with Crippen LogP contribution in [-0.4, -0.2) is 36.0 Å². The van der Waals surface area contributed by atoms with Gasteiger partial charge in [-0.1, -0.05) is 18.2 Å². The van der Waals surface area contributed by atoms with E-state index in [0.717, 1.165) is 11.3 Å². The number of hydrogen-bond donors (Lipinski definition) is 1. The van der Waals surface area contributed by atoms with Gasteiger partial charge >= 0.3 is 0 Å². The second-order valence-corrected chi connectivity index (χ2v) is 4.86. The summed E-state index contributed by atoms with van der Waals surface area (Å²) in [6.45, 7) is 1.64. The lowest BCUT2D eigenvalue weighted by Gasteiger charge is -2.20. The number of rotatable bonds is 2. The summed E-state index contributed by atoms with van der Waals surface area (Å²) >= 11 is 0. The van der Waals surface area contributed by atoms with Gasteiger partial charge in [-0.3, -0.25) is 4.79 Å². The van der Waals surface area contributed by atoms with Crippen LogP contribution in [0.3, 0.4) is 0 Å². The van der Waals surface area contributed by atoms with Crippen LogP contribution in [0.15, 0.2) is 42.6 Å². The van der Waals surface area contributed by atoms with Crippen LogP contribution in [0.25, 0.3) is 0 Å². The van der Waals surface area contributed by atoms with Gasteiger partial charge in [0.1, 0.15) is 18.2 Å². The second-order valence-electron chi connectivity index (χ2n) is 4.86. The summed E-state index contributed by atoms with van der Waals surface area (Å²) < 4.78 is 5.69. The van der Waals surface area contributed by atoms with Crippen molar-refractivity contribution < 1.29 is 9.53 Å². The Hall–Kier alpha value is -2.56. The number of fused-ring (bicyclic) bond motifs is 1. The zero-order valence-electron chi connectivity index (χ0n) is 11.9. The average Bonchev–Trinajstić information content (AvgIpc) is 2.76. The van der Waals surface area contributed by atoms with Crippen LogP contribution in [-0.2, 0) is 6.54 Å². The number of benzene rings is 1. The van der Waals surface area contributed by atoms with E-state index < -0.39 is 0 Å². The Morgan fingerprint density at radius 1 is 1.33 bits per heavy atom. The molecular formula is C16H17N3O2. The highest BCUT2D eigenvalue weighted by Crippen LogP contribution is 2.23. The fourth-order valence-electron chi connectivity index (χ4n) is 2.38. The standard InChI is InChI=1S/C16H17N3O2/c1-17-15-10-12(6-7-18-15)16(20)19-8-9-21-14-5-3-2-4-13(14)11-19/h2-7,10H,8-9,11H2,1H3,(H,17,18). The summed E-state index contributed by atoms with van der Waals surface area (Å²) in [6, 6.07) is 11.3. The summed E-state index contributed by atoms with van der Waals surface area (Å²) in [5.41, 5.74) is 1.67. The number of amides is 1. The van der Waals surface area contributed by atoms with Gasteiger partial charge < -0.3 is 15.0 Å². The van der Waals surface area contributed by atoms with E-state index >= 15 is 0 Å². The molecule has 5 nitrogen and oxygen atoms in total. The van der Waals surface area contributed by atoms with Gasteiger partial charge in [0, 0.05) is 30.9 Å². The van der Waals surface area contributed by atoms with E-state index in [1.54, 1.807) is 30.3 Å². The fraction of sp³-hybridized carbons (Fsp3) is 0.250. The Morgan fingerprint density at radius 3 is 3.05 bits per heavy atom. The largest absolute Gasteiger partial charge is 0.491 e. The van der Waals surface area contributed by atoms with Crippen LogP contribution in [0, 0.1) is 0 Å². The van der Waals surface area contributed by atoms with Gasteiger partial charge in [0.25, 0.3) is 5.91 Å². The first kappa shape index (κ1) is 13.4. The minimum absolute atomic E-state index is 0.00537. The number of carbonyl (C=O) groups is 1. The summed E-state index contributed by atoms with van der Waals surface area (Å²) in [4.78, 5) is 18.6. The molecule has 21 heavy (non-hydrogen) atoms. The first-order valence-corrected chi connectivity index (χ1v) is 6.92. The molecular weight excluding hydrogens is 266 g/mol. The topological polar surface area (TPSA) is 54.5 Å². The molecule has 1 amide bonds. The lowest BCUT2D eigenvalue weighted by atomic mass is 10.1. The van der Waals surface area contributed by atoms with Crippen molar-refractivity contribution in [1.82, 2.24) is 9.88 Å². The van der Waals surface area contributed by atoms with Crippen molar-refractivity contribution in [2.45, 2.75) is 6.54 Å². The number of nitrogens with zero attached hydrogens (tertiary/aromatic N) is 2. The average molecular weight is 283 g/mol. The van der Waals surface area contributed by atoms with Crippen molar-refractivity contribution in [1.29, 1.82) is 0 Å².